The molecule has 0 bridgehead atoms. The molecule has 0 aromatic rings. The van der Waals surface area contributed by atoms with Gasteiger partial charge in [-0.25, -0.2) is 4.84 Å². The number of nitrogens with zero attached hydrogens (tertiary/aromatic N) is 1. The molecule has 0 aliphatic carbocycles. The molecule has 0 rings (SSSR count). The van der Waals surface area contributed by atoms with Crippen LogP contribution in [0.2, 0.25) is 0 Å². The van der Waals surface area contributed by atoms with Gasteiger partial charge in [-0.05, 0) is 0 Å². The molecular formula is C7H18NO3+. The Morgan fingerprint density at radius 1 is 1.09 bits per heavy atom. The maximum atomic E-state index is 8.36. The molecule has 0 atom stereocenters. The Morgan fingerprint density at radius 3 is 2.18 bits per heavy atom. The van der Waals surface area contributed by atoms with Crippen molar-refractivity contribution in [3.05, 3.63) is 0 Å². The molecule has 0 heterocycles. The summed E-state index contributed by atoms with van der Waals surface area (Å²) in [6.45, 7) is 1.56. The lowest BCUT2D eigenvalue weighted by molar-refractivity contribution is -1.06. The molecule has 0 aliphatic rings. The number of ether oxygens (including phenoxy) is 1. The second-order valence-electron chi connectivity index (χ2n) is 3.06. The van der Waals surface area contributed by atoms with Crippen molar-refractivity contribution in [2.45, 2.75) is 0 Å². The number of hydrogen-bond donors (Lipinski definition) is 1. The highest BCUT2D eigenvalue weighted by Crippen LogP contribution is 1.91. The lowest BCUT2D eigenvalue weighted by Gasteiger charge is -2.20. The molecule has 0 aromatic carbocycles. The first-order valence-electron chi connectivity index (χ1n) is 3.71. The van der Waals surface area contributed by atoms with Gasteiger partial charge in [-0.3, -0.25) is 0 Å². The minimum Gasteiger partial charge on any atom is -0.394 e. The van der Waals surface area contributed by atoms with Gasteiger partial charge in [0.15, 0.2) is 0 Å². The normalized spacial score (nSPS) is 12.0. The van der Waals surface area contributed by atoms with E-state index in [4.69, 9.17) is 14.7 Å². The maximum Gasteiger partial charge on any atom is 0.129 e. The molecule has 0 spiro atoms. The summed E-state index contributed by atoms with van der Waals surface area (Å²) in [6.07, 6.45) is 0. The molecule has 0 saturated carbocycles. The highest BCUT2D eigenvalue weighted by molar-refractivity contribution is 4.25. The highest BCUT2D eigenvalue weighted by Gasteiger charge is 2.06. The van der Waals surface area contributed by atoms with Crippen molar-refractivity contribution in [2.75, 3.05) is 47.6 Å². The minimum atomic E-state index is 0.0738. The van der Waals surface area contributed by atoms with Crippen LogP contribution in [0.4, 0.5) is 0 Å². The van der Waals surface area contributed by atoms with Crippen LogP contribution in [0, 0.1) is 0 Å². The van der Waals surface area contributed by atoms with Crippen LogP contribution in [0.1, 0.15) is 0 Å². The summed E-state index contributed by atoms with van der Waals surface area (Å²) in [5.74, 6) is 0. The third-order valence-electron chi connectivity index (χ3n) is 0.942. The van der Waals surface area contributed by atoms with E-state index in [-0.39, 0.29) is 6.61 Å². The zero-order valence-electron chi connectivity index (χ0n) is 7.54. The summed E-state index contributed by atoms with van der Waals surface area (Å²) < 4.78 is 5.47. The third-order valence-corrected chi connectivity index (χ3v) is 0.942. The van der Waals surface area contributed by atoms with Crippen molar-refractivity contribution in [3.8, 4) is 0 Å². The Balaban J connectivity index is 3.02. The minimum absolute atomic E-state index is 0.0738. The molecule has 0 saturated heterocycles. The lowest BCUT2D eigenvalue weighted by atomic mass is 10.7. The van der Waals surface area contributed by atoms with Gasteiger partial charge in [0, 0.05) is 0 Å². The van der Waals surface area contributed by atoms with Crippen LogP contribution in [0.3, 0.4) is 0 Å². The smallest absolute Gasteiger partial charge is 0.129 e. The number of quaternary nitrogens is 1. The summed E-state index contributed by atoms with van der Waals surface area (Å²) >= 11 is 0. The van der Waals surface area contributed by atoms with E-state index >= 15 is 0 Å². The number of hydroxylamine groups is 3. The number of aliphatic hydroxyl groups excluding tert-OH is 1. The number of hydrogen-bond acceptors (Lipinski definition) is 3. The fourth-order valence-electron chi connectivity index (χ4n) is 0.537. The van der Waals surface area contributed by atoms with E-state index in [0.717, 1.165) is 0 Å². The Bertz CT molecular complexity index is 90.2. The average Bonchev–Trinajstić information content (AvgIpc) is 1.85. The molecule has 11 heavy (non-hydrogen) atoms. The van der Waals surface area contributed by atoms with Gasteiger partial charge >= 0.3 is 0 Å². The van der Waals surface area contributed by atoms with Gasteiger partial charge < -0.3 is 9.84 Å². The first-order valence-corrected chi connectivity index (χ1v) is 3.71. The fraction of sp³-hybridized carbons (Fsp3) is 1.00. The predicted molar refractivity (Wildman–Crippen MR) is 41.9 cm³/mol. The van der Waals surface area contributed by atoms with E-state index in [9.17, 15) is 0 Å². The van der Waals surface area contributed by atoms with Gasteiger partial charge in [0.05, 0.1) is 41.0 Å². The van der Waals surface area contributed by atoms with Crippen LogP contribution < -0.4 is 0 Å². The molecule has 4 heteroatoms. The largest absolute Gasteiger partial charge is 0.394 e. The monoisotopic (exact) mass is 164 g/mol. The Morgan fingerprint density at radius 2 is 1.73 bits per heavy atom. The average molecular weight is 164 g/mol. The van der Waals surface area contributed by atoms with Crippen molar-refractivity contribution in [1.82, 2.24) is 0 Å². The molecule has 1 N–H and O–H groups in total. The van der Waals surface area contributed by atoms with Gasteiger partial charge in [-0.1, -0.05) is 0 Å². The fourth-order valence-corrected chi connectivity index (χ4v) is 0.537. The van der Waals surface area contributed by atoms with Crippen molar-refractivity contribution in [3.63, 3.8) is 0 Å². The molecule has 0 amide bonds. The summed E-state index contributed by atoms with van der Waals surface area (Å²) in [5.41, 5.74) is 0. The molecule has 0 unspecified atom stereocenters. The van der Waals surface area contributed by atoms with E-state index in [2.05, 4.69) is 0 Å². The van der Waals surface area contributed by atoms with E-state index in [0.29, 0.717) is 24.5 Å². The second kappa shape index (κ2) is 5.49. The Hall–Kier alpha value is -0.160. The molecule has 0 aliphatic heterocycles. The SMILES string of the molecule is C[N+](C)(C)OCCOCCO. The zero-order chi connectivity index (χ0) is 8.74. The van der Waals surface area contributed by atoms with Crippen LogP contribution in [0.25, 0.3) is 0 Å². The number of rotatable bonds is 6. The van der Waals surface area contributed by atoms with Crippen LogP contribution in [0.15, 0.2) is 0 Å². The predicted octanol–water partition coefficient (Wildman–Crippen LogP) is -0.367. The van der Waals surface area contributed by atoms with Gasteiger partial charge in [0.2, 0.25) is 0 Å². The van der Waals surface area contributed by atoms with Crippen LogP contribution >= 0.6 is 0 Å². The summed E-state index contributed by atoms with van der Waals surface area (Å²) in [6, 6.07) is 0. The van der Waals surface area contributed by atoms with Gasteiger partial charge in [-0.2, -0.15) is 4.65 Å². The van der Waals surface area contributed by atoms with Crippen LogP contribution in [0.5, 0.6) is 0 Å². The first kappa shape index (κ1) is 10.8. The van der Waals surface area contributed by atoms with Crippen molar-refractivity contribution in [2.24, 2.45) is 0 Å². The molecule has 68 valence electrons. The summed E-state index contributed by atoms with van der Waals surface area (Å²) in [4.78, 5) is 5.31. The standard InChI is InChI=1S/C7H18NO3/c1-8(2,3)11-7-6-10-5-4-9/h9H,4-7H2,1-3H3/q+1. The second-order valence-corrected chi connectivity index (χ2v) is 3.06. The lowest BCUT2D eigenvalue weighted by Crippen LogP contribution is -2.35. The van der Waals surface area contributed by atoms with E-state index in [1.54, 1.807) is 0 Å². The number of aliphatic hydroxyl groups is 1. The highest BCUT2D eigenvalue weighted by atomic mass is 16.7. The molecule has 0 radical (unpaired) electrons. The van der Waals surface area contributed by atoms with E-state index in [1.807, 2.05) is 21.1 Å². The first-order chi connectivity index (χ1) is 5.06. The van der Waals surface area contributed by atoms with Crippen LogP contribution in [-0.4, -0.2) is 57.3 Å². The summed E-state index contributed by atoms with van der Waals surface area (Å²) in [5, 5.41) is 8.36. The maximum absolute atomic E-state index is 8.36. The third kappa shape index (κ3) is 9.84. The van der Waals surface area contributed by atoms with Crippen molar-refractivity contribution in [1.29, 1.82) is 0 Å². The van der Waals surface area contributed by atoms with Gasteiger partial charge in [0.1, 0.15) is 6.61 Å². The molecule has 4 nitrogen and oxygen atoms in total. The van der Waals surface area contributed by atoms with Crippen molar-refractivity contribution < 1.29 is 19.3 Å². The van der Waals surface area contributed by atoms with Crippen molar-refractivity contribution >= 4 is 0 Å². The van der Waals surface area contributed by atoms with Gasteiger partial charge in [0.25, 0.3) is 0 Å². The quantitative estimate of drug-likeness (QED) is 0.331. The Kier molecular flexibility index (Phi) is 5.41. The summed E-state index contributed by atoms with van der Waals surface area (Å²) in [7, 11) is 5.81. The van der Waals surface area contributed by atoms with Gasteiger partial charge in [-0.15, -0.1) is 0 Å². The van der Waals surface area contributed by atoms with Crippen LogP contribution in [-0.2, 0) is 9.57 Å². The molecule has 0 fully saturated rings. The molecule has 0 aromatic heterocycles. The molecular weight excluding hydrogens is 146 g/mol. The zero-order valence-corrected chi connectivity index (χ0v) is 7.54. The van der Waals surface area contributed by atoms with E-state index in [1.165, 1.54) is 0 Å². The Labute approximate surface area is 67.9 Å². The topological polar surface area (TPSA) is 38.7 Å². The van der Waals surface area contributed by atoms with E-state index < -0.39 is 0 Å².